The monoisotopic (exact) mass is 292 g/mol. The molecule has 1 aromatic heterocycles. The summed E-state index contributed by atoms with van der Waals surface area (Å²) in [5.41, 5.74) is 0.0397. The second-order valence-electron chi connectivity index (χ2n) is 4.22. The number of carbonyl (C=O) groups is 1. The Bertz CT molecular complexity index is 824. The van der Waals surface area contributed by atoms with Crippen LogP contribution in [0.2, 0.25) is 5.02 Å². The highest BCUT2D eigenvalue weighted by atomic mass is 35.5. The summed E-state index contributed by atoms with van der Waals surface area (Å²) in [6.45, 7) is 0. The van der Waals surface area contributed by atoms with E-state index in [0.717, 1.165) is 18.2 Å². The maximum Gasteiger partial charge on any atom is 0.231 e. The summed E-state index contributed by atoms with van der Waals surface area (Å²) in [5, 5.41) is 0.972. The maximum absolute atomic E-state index is 13.6. The Morgan fingerprint density at radius 2 is 1.90 bits per heavy atom. The fourth-order valence-corrected chi connectivity index (χ4v) is 2.16. The minimum absolute atomic E-state index is 0.0856. The number of benzene rings is 2. The standard InChI is InChI=1S/C15H7ClF2O2/c16-11-2-1-3-13-9(11)7-14(20-13)15(19)10-6-8(17)4-5-12(10)18/h1-7H. The number of furan rings is 1. The second kappa shape index (κ2) is 4.72. The van der Waals surface area contributed by atoms with Crippen molar-refractivity contribution < 1.29 is 18.0 Å². The molecule has 20 heavy (non-hydrogen) atoms. The third-order valence-electron chi connectivity index (χ3n) is 2.91. The van der Waals surface area contributed by atoms with Gasteiger partial charge in [0.1, 0.15) is 17.2 Å². The molecule has 1 heterocycles. The van der Waals surface area contributed by atoms with E-state index in [1.807, 2.05) is 0 Å². The van der Waals surface area contributed by atoms with Crippen molar-refractivity contribution in [1.29, 1.82) is 0 Å². The molecule has 0 atom stereocenters. The Hall–Kier alpha value is -2.20. The third-order valence-corrected chi connectivity index (χ3v) is 3.23. The molecule has 0 amide bonds. The van der Waals surface area contributed by atoms with E-state index in [-0.39, 0.29) is 11.3 Å². The summed E-state index contributed by atoms with van der Waals surface area (Å²) in [5.74, 6) is -2.31. The summed E-state index contributed by atoms with van der Waals surface area (Å²) in [6, 6.07) is 9.07. The number of halogens is 3. The van der Waals surface area contributed by atoms with Gasteiger partial charge in [0.2, 0.25) is 5.78 Å². The molecule has 0 unspecified atom stereocenters. The summed E-state index contributed by atoms with van der Waals surface area (Å²) in [7, 11) is 0. The van der Waals surface area contributed by atoms with Gasteiger partial charge < -0.3 is 4.42 Å². The number of rotatable bonds is 2. The molecule has 0 saturated carbocycles. The van der Waals surface area contributed by atoms with E-state index in [0.29, 0.717) is 16.0 Å². The molecule has 100 valence electrons. The van der Waals surface area contributed by atoms with Crippen LogP contribution in [0.4, 0.5) is 8.78 Å². The van der Waals surface area contributed by atoms with Crippen LogP contribution < -0.4 is 0 Å². The first-order valence-corrected chi connectivity index (χ1v) is 6.12. The molecule has 5 heteroatoms. The van der Waals surface area contributed by atoms with Gasteiger partial charge in [-0.2, -0.15) is 0 Å². The molecule has 0 aliphatic carbocycles. The van der Waals surface area contributed by atoms with E-state index in [1.165, 1.54) is 6.07 Å². The van der Waals surface area contributed by atoms with Crippen LogP contribution in [-0.2, 0) is 0 Å². The van der Waals surface area contributed by atoms with E-state index in [2.05, 4.69) is 0 Å². The molecule has 0 N–H and O–H groups in total. The van der Waals surface area contributed by atoms with Gasteiger partial charge in [-0.1, -0.05) is 17.7 Å². The van der Waals surface area contributed by atoms with E-state index in [1.54, 1.807) is 18.2 Å². The van der Waals surface area contributed by atoms with E-state index >= 15 is 0 Å². The lowest BCUT2D eigenvalue weighted by atomic mass is 10.1. The Balaban J connectivity index is 2.13. The molecule has 0 aliphatic rings. The lowest BCUT2D eigenvalue weighted by molar-refractivity contribution is 0.101. The molecule has 0 bridgehead atoms. The van der Waals surface area contributed by atoms with Crippen LogP contribution >= 0.6 is 11.6 Å². The normalized spacial score (nSPS) is 10.9. The van der Waals surface area contributed by atoms with Crippen molar-refractivity contribution in [3.05, 3.63) is 70.4 Å². The van der Waals surface area contributed by atoms with Crippen molar-refractivity contribution in [1.82, 2.24) is 0 Å². The third kappa shape index (κ3) is 2.08. The Kier molecular flexibility index (Phi) is 3.03. The molecule has 3 rings (SSSR count). The van der Waals surface area contributed by atoms with Crippen molar-refractivity contribution in [2.24, 2.45) is 0 Å². The molecular weight excluding hydrogens is 286 g/mol. The first kappa shape index (κ1) is 12.8. The van der Waals surface area contributed by atoms with Crippen LogP contribution in [0.5, 0.6) is 0 Å². The van der Waals surface area contributed by atoms with Crippen LogP contribution in [0.15, 0.2) is 46.9 Å². The molecule has 0 spiro atoms. The van der Waals surface area contributed by atoms with Gasteiger partial charge in [0, 0.05) is 5.39 Å². The molecule has 2 nitrogen and oxygen atoms in total. The number of hydrogen-bond acceptors (Lipinski definition) is 2. The van der Waals surface area contributed by atoms with Crippen LogP contribution in [-0.4, -0.2) is 5.78 Å². The van der Waals surface area contributed by atoms with Gasteiger partial charge in [-0.25, -0.2) is 8.78 Å². The van der Waals surface area contributed by atoms with Gasteiger partial charge in [-0.3, -0.25) is 4.79 Å². The van der Waals surface area contributed by atoms with Crippen LogP contribution in [0.25, 0.3) is 11.0 Å². The highest BCUT2D eigenvalue weighted by Crippen LogP contribution is 2.28. The van der Waals surface area contributed by atoms with Crippen LogP contribution in [0, 0.1) is 11.6 Å². The lowest BCUT2D eigenvalue weighted by Crippen LogP contribution is -2.03. The lowest BCUT2D eigenvalue weighted by Gasteiger charge is -1.99. The fraction of sp³-hybridized carbons (Fsp3) is 0. The Morgan fingerprint density at radius 3 is 2.65 bits per heavy atom. The summed E-state index contributed by atoms with van der Waals surface area (Å²) in [4.78, 5) is 12.2. The zero-order valence-electron chi connectivity index (χ0n) is 9.99. The topological polar surface area (TPSA) is 30.2 Å². The number of ketones is 1. The minimum Gasteiger partial charge on any atom is -0.453 e. The molecular formula is C15H7ClF2O2. The van der Waals surface area contributed by atoms with Crippen LogP contribution in [0.1, 0.15) is 16.1 Å². The quantitative estimate of drug-likeness (QED) is 0.646. The molecule has 0 fully saturated rings. The Morgan fingerprint density at radius 1 is 1.10 bits per heavy atom. The average molecular weight is 293 g/mol. The molecule has 0 radical (unpaired) electrons. The zero-order valence-corrected chi connectivity index (χ0v) is 10.7. The first-order valence-electron chi connectivity index (χ1n) is 5.74. The highest BCUT2D eigenvalue weighted by molar-refractivity contribution is 6.35. The maximum atomic E-state index is 13.6. The summed E-state index contributed by atoms with van der Waals surface area (Å²) in [6.07, 6.45) is 0. The van der Waals surface area contributed by atoms with E-state index in [4.69, 9.17) is 16.0 Å². The zero-order chi connectivity index (χ0) is 14.3. The average Bonchev–Trinajstić information content (AvgIpc) is 2.86. The highest BCUT2D eigenvalue weighted by Gasteiger charge is 2.19. The molecule has 0 aliphatic heterocycles. The molecule has 3 aromatic rings. The van der Waals surface area contributed by atoms with Crippen molar-refractivity contribution >= 4 is 28.4 Å². The second-order valence-corrected chi connectivity index (χ2v) is 4.62. The largest absolute Gasteiger partial charge is 0.453 e. The predicted octanol–water partition coefficient (Wildman–Crippen LogP) is 4.60. The summed E-state index contributed by atoms with van der Waals surface area (Å²) >= 11 is 5.97. The fourth-order valence-electron chi connectivity index (χ4n) is 1.94. The smallest absolute Gasteiger partial charge is 0.231 e. The molecule has 2 aromatic carbocycles. The van der Waals surface area contributed by atoms with Gasteiger partial charge >= 0.3 is 0 Å². The van der Waals surface area contributed by atoms with Gasteiger partial charge in [-0.15, -0.1) is 0 Å². The summed E-state index contributed by atoms with van der Waals surface area (Å²) < 4.78 is 32.0. The predicted molar refractivity (Wildman–Crippen MR) is 71.0 cm³/mol. The first-order chi connectivity index (χ1) is 9.56. The van der Waals surface area contributed by atoms with Gasteiger partial charge in [0.05, 0.1) is 10.6 Å². The van der Waals surface area contributed by atoms with Crippen molar-refractivity contribution in [3.8, 4) is 0 Å². The van der Waals surface area contributed by atoms with Crippen LogP contribution in [0.3, 0.4) is 0 Å². The van der Waals surface area contributed by atoms with E-state index in [9.17, 15) is 13.6 Å². The molecule has 0 saturated heterocycles. The minimum atomic E-state index is -0.803. The number of carbonyl (C=O) groups excluding carboxylic acids is 1. The van der Waals surface area contributed by atoms with Gasteiger partial charge in [-0.05, 0) is 36.4 Å². The van der Waals surface area contributed by atoms with Gasteiger partial charge in [0.15, 0.2) is 5.76 Å². The number of fused-ring (bicyclic) bond motifs is 1. The van der Waals surface area contributed by atoms with Crippen molar-refractivity contribution in [2.45, 2.75) is 0 Å². The SMILES string of the molecule is O=C(c1cc2c(Cl)cccc2o1)c1cc(F)ccc1F. The number of hydrogen-bond donors (Lipinski definition) is 0. The van der Waals surface area contributed by atoms with Crippen molar-refractivity contribution in [3.63, 3.8) is 0 Å². The van der Waals surface area contributed by atoms with Crippen molar-refractivity contribution in [2.75, 3.05) is 0 Å². The van der Waals surface area contributed by atoms with E-state index < -0.39 is 17.4 Å². The Labute approximate surface area is 117 Å². The van der Waals surface area contributed by atoms with Gasteiger partial charge in [0.25, 0.3) is 0 Å².